The van der Waals surface area contributed by atoms with Crippen molar-refractivity contribution in [2.24, 2.45) is 0 Å². The Morgan fingerprint density at radius 3 is 2.56 bits per heavy atom. The van der Waals surface area contributed by atoms with E-state index in [1.807, 2.05) is 0 Å². The average Bonchev–Trinajstić information content (AvgIpc) is 2.54. The number of nitrogens with one attached hydrogen (secondary N) is 1. The maximum atomic E-state index is 12.3. The number of phenolic OH excluding ortho intramolecular Hbond substituents is 1. The number of carbonyl (C=O) groups is 3. The number of hydrogen-bond donors (Lipinski definition) is 3. The number of carboxylic acids is 1. The number of thioether (sulfide) groups is 1. The Morgan fingerprint density at radius 2 is 1.96 bits per heavy atom. The summed E-state index contributed by atoms with van der Waals surface area (Å²) in [5, 5.41) is 20.8. The largest absolute Gasteiger partial charge is 0.508 e. The van der Waals surface area contributed by atoms with Gasteiger partial charge in [0.05, 0.1) is 6.42 Å². The van der Waals surface area contributed by atoms with Crippen LogP contribution in [0.15, 0.2) is 35.5 Å². The molecule has 0 spiro atoms. The molecule has 1 unspecified atom stereocenters. The van der Waals surface area contributed by atoms with Gasteiger partial charge in [0.1, 0.15) is 22.9 Å². The Bertz CT molecular complexity index is 745. The number of phenols is 1. The third kappa shape index (κ3) is 3.47. The summed E-state index contributed by atoms with van der Waals surface area (Å²) in [5.41, 5.74) is 1.38. The zero-order chi connectivity index (χ0) is 17.4. The van der Waals surface area contributed by atoms with E-state index in [4.69, 9.17) is 0 Å². The normalized spacial score (nSPS) is 21.8. The Balaban J connectivity index is 0.00000225. The van der Waals surface area contributed by atoms with E-state index >= 15 is 0 Å². The summed E-state index contributed by atoms with van der Waals surface area (Å²) in [5.74, 6) is -1.21. The zero-order valence-corrected chi connectivity index (χ0v) is 14.2. The molecule has 2 aliphatic heterocycles. The fraction of sp³-hybridized carbons (Fsp3) is 0.312. The summed E-state index contributed by atoms with van der Waals surface area (Å²) in [7, 11) is 0. The van der Waals surface area contributed by atoms with Crippen molar-refractivity contribution < 1.29 is 30.1 Å². The van der Waals surface area contributed by atoms with Crippen LogP contribution in [0.2, 0.25) is 0 Å². The second-order valence-electron chi connectivity index (χ2n) is 5.73. The number of fused-ring (bicyclic) bond motifs is 1. The van der Waals surface area contributed by atoms with Crippen LogP contribution in [0.1, 0.15) is 12.5 Å². The topological polar surface area (TPSA) is 138 Å². The van der Waals surface area contributed by atoms with E-state index in [0.717, 1.165) is 0 Å². The van der Waals surface area contributed by atoms with Gasteiger partial charge in [-0.1, -0.05) is 12.1 Å². The van der Waals surface area contributed by atoms with E-state index < -0.39 is 17.9 Å². The molecule has 3 rings (SSSR count). The first-order valence-electron chi connectivity index (χ1n) is 7.33. The predicted molar refractivity (Wildman–Crippen MR) is 90.8 cm³/mol. The Morgan fingerprint density at radius 1 is 1.32 bits per heavy atom. The molecule has 1 saturated heterocycles. The predicted octanol–water partition coefficient (Wildman–Crippen LogP) is -0.131. The van der Waals surface area contributed by atoms with Crippen LogP contribution in [0.5, 0.6) is 5.75 Å². The lowest BCUT2D eigenvalue weighted by Crippen LogP contribution is -2.70. The third-order valence-electron chi connectivity index (χ3n) is 3.98. The number of hydrogen-bond acceptors (Lipinski definition) is 5. The molecule has 2 heterocycles. The van der Waals surface area contributed by atoms with E-state index in [9.17, 15) is 24.6 Å². The van der Waals surface area contributed by atoms with E-state index in [0.29, 0.717) is 16.9 Å². The molecule has 0 bridgehead atoms. The zero-order valence-electron chi connectivity index (χ0n) is 13.4. The molecule has 2 amide bonds. The van der Waals surface area contributed by atoms with Crippen LogP contribution >= 0.6 is 11.8 Å². The van der Waals surface area contributed by atoms with Crippen molar-refractivity contribution in [1.82, 2.24) is 10.2 Å². The highest BCUT2D eigenvalue weighted by molar-refractivity contribution is 8.00. The van der Waals surface area contributed by atoms with Crippen molar-refractivity contribution in [3.05, 3.63) is 41.1 Å². The van der Waals surface area contributed by atoms with Gasteiger partial charge in [-0.15, -0.1) is 11.8 Å². The minimum absolute atomic E-state index is 0. The average molecular weight is 366 g/mol. The molecular formula is C16H18N2O6S. The number of β-lactam (4-membered cyclic amide) rings is 1. The van der Waals surface area contributed by atoms with Gasteiger partial charge < -0.3 is 21.0 Å². The van der Waals surface area contributed by atoms with Crippen molar-refractivity contribution >= 4 is 29.5 Å². The van der Waals surface area contributed by atoms with Crippen LogP contribution < -0.4 is 5.32 Å². The molecule has 25 heavy (non-hydrogen) atoms. The monoisotopic (exact) mass is 366 g/mol. The molecule has 2 aliphatic rings. The maximum Gasteiger partial charge on any atom is 0.352 e. The van der Waals surface area contributed by atoms with Crippen molar-refractivity contribution in [2.75, 3.05) is 5.75 Å². The van der Waals surface area contributed by atoms with E-state index in [1.54, 1.807) is 19.1 Å². The summed E-state index contributed by atoms with van der Waals surface area (Å²) in [4.78, 5) is 37.0. The van der Waals surface area contributed by atoms with Crippen LogP contribution in [0, 0.1) is 0 Å². The van der Waals surface area contributed by atoms with Crippen LogP contribution in [0.4, 0.5) is 0 Å². The Kier molecular flexibility index (Phi) is 5.39. The number of aromatic hydroxyl groups is 1. The number of carbonyl (C=O) groups excluding carboxylic acids is 2. The number of nitrogens with zero attached hydrogens (tertiary/aromatic N) is 1. The second kappa shape index (κ2) is 7.16. The van der Waals surface area contributed by atoms with Gasteiger partial charge in [0, 0.05) is 5.75 Å². The number of amides is 2. The fourth-order valence-corrected chi connectivity index (χ4v) is 4.09. The molecule has 0 radical (unpaired) electrons. The lowest BCUT2D eigenvalue weighted by Gasteiger charge is -2.49. The quantitative estimate of drug-likeness (QED) is 0.635. The molecular weight excluding hydrogens is 348 g/mol. The summed E-state index contributed by atoms with van der Waals surface area (Å²) >= 11 is 1.44. The van der Waals surface area contributed by atoms with Crippen LogP contribution in [0.3, 0.4) is 0 Å². The first-order chi connectivity index (χ1) is 11.4. The molecule has 1 aromatic rings. The molecule has 134 valence electrons. The van der Waals surface area contributed by atoms with Crippen LogP contribution in [-0.4, -0.2) is 55.5 Å². The van der Waals surface area contributed by atoms with Gasteiger partial charge in [-0.05, 0) is 30.2 Å². The highest BCUT2D eigenvalue weighted by Gasteiger charge is 2.53. The van der Waals surface area contributed by atoms with Gasteiger partial charge in [-0.3, -0.25) is 14.5 Å². The Hall–Kier alpha value is -2.52. The molecule has 2 atom stereocenters. The third-order valence-corrected chi connectivity index (χ3v) is 5.40. The van der Waals surface area contributed by atoms with Crippen molar-refractivity contribution in [1.29, 1.82) is 0 Å². The van der Waals surface area contributed by atoms with Crippen LogP contribution in [0.25, 0.3) is 0 Å². The molecule has 0 saturated carbocycles. The Labute approximate surface area is 147 Å². The minimum atomic E-state index is -1.12. The van der Waals surface area contributed by atoms with E-state index in [1.165, 1.54) is 28.8 Å². The van der Waals surface area contributed by atoms with Gasteiger partial charge in [-0.25, -0.2) is 4.79 Å². The second-order valence-corrected chi connectivity index (χ2v) is 6.84. The number of rotatable bonds is 4. The summed E-state index contributed by atoms with van der Waals surface area (Å²) in [6, 6.07) is 5.54. The lowest BCUT2D eigenvalue weighted by molar-refractivity contribution is -0.150. The maximum absolute atomic E-state index is 12.3. The van der Waals surface area contributed by atoms with Gasteiger partial charge in [-0.2, -0.15) is 0 Å². The fourth-order valence-electron chi connectivity index (χ4n) is 2.80. The lowest BCUT2D eigenvalue weighted by atomic mass is 10.0. The molecule has 9 heteroatoms. The smallest absolute Gasteiger partial charge is 0.352 e. The van der Waals surface area contributed by atoms with Gasteiger partial charge in [0.2, 0.25) is 5.91 Å². The van der Waals surface area contributed by atoms with Gasteiger partial charge in [0.25, 0.3) is 5.91 Å². The molecule has 0 aromatic heterocycles. The number of carboxylic acid groups (broad SMARTS) is 1. The minimum Gasteiger partial charge on any atom is -0.508 e. The first kappa shape index (κ1) is 18.8. The molecule has 8 nitrogen and oxygen atoms in total. The molecule has 1 fully saturated rings. The molecule has 5 N–H and O–H groups in total. The van der Waals surface area contributed by atoms with Crippen LogP contribution in [-0.2, 0) is 20.8 Å². The SMILES string of the molecule is CC1=C(C(=O)O)N2C(=O)C(NC(=O)Cc3ccc(O)cc3)[C@H]2SC1.O. The summed E-state index contributed by atoms with van der Waals surface area (Å²) in [6.45, 7) is 1.69. The van der Waals surface area contributed by atoms with Crippen molar-refractivity contribution in [3.63, 3.8) is 0 Å². The van der Waals surface area contributed by atoms with Gasteiger partial charge >= 0.3 is 5.97 Å². The molecule has 0 aliphatic carbocycles. The summed E-state index contributed by atoms with van der Waals surface area (Å²) in [6.07, 6.45) is 0.0854. The van der Waals surface area contributed by atoms with Crippen molar-refractivity contribution in [3.8, 4) is 5.75 Å². The van der Waals surface area contributed by atoms with Gasteiger partial charge in [0.15, 0.2) is 0 Å². The first-order valence-corrected chi connectivity index (χ1v) is 8.38. The van der Waals surface area contributed by atoms with E-state index in [2.05, 4.69) is 5.32 Å². The summed E-state index contributed by atoms with van der Waals surface area (Å²) < 4.78 is 0. The highest BCUT2D eigenvalue weighted by atomic mass is 32.2. The number of aliphatic carboxylic acids is 1. The highest BCUT2D eigenvalue weighted by Crippen LogP contribution is 2.40. The van der Waals surface area contributed by atoms with Crippen molar-refractivity contribution in [2.45, 2.75) is 24.8 Å². The molecule has 1 aromatic carbocycles. The standard InChI is InChI=1S/C16H16N2O5S.H2O/c1-8-7-24-15-12(14(21)18(15)13(8)16(22)23)17-11(20)6-9-2-4-10(19)5-3-9;/h2-5,12,15,19H,6-7H2,1H3,(H,17,20)(H,22,23);1H2/t12?,15-;/m1./s1. The van der Waals surface area contributed by atoms with E-state index in [-0.39, 0.29) is 34.6 Å². The number of benzene rings is 1.